The van der Waals surface area contributed by atoms with Crippen LogP contribution in [0.25, 0.3) is 0 Å². The fourth-order valence-electron chi connectivity index (χ4n) is 2.36. The van der Waals surface area contributed by atoms with Crippen LogP contribution in [0.2, 0.25) is 0 Å². The van der Waals surface area contributed by atoms with Crippen LogP contribution in [0.3, 0.4) is 0 Å². The molecule has 1 aliphatic rings. The highest BCUT2D eigenvalue weighted by molar-refractivity contribution is 5.68. The standard InChI is InChI=1S/C16H18N2O3/c19-14-5-6-15(16(20)11-14)17-12-1-3-13(4-2-12)18-7-9-21-10-8-18/h1-6,11,17,19-20H,7-10H2. The van der Waals surface area contributed by atoms with Gasteiger partial charge in [0.2, 0.25) is 0 Å². The second-order valence-corrected chi connectivity index (χ2v) is 4.97. The van der Waals surface area contributed by atoms with Gasteiger partial charge in [0.1, 0.15) is 11.5 Å². The van der Waals surface area contributed by atoms with Gasteiger partial charge in [-0.25, -0.2) is 0 Å². The summed E-state index contributed by atoms with van der Waals surface area (Å²) in [4.78, 5) is 2.28. The highest BCUT2D eigenvalue weighted by atomic mass is 16.5. The van der Waals surface area contributed by atoms with Gasteiger partial charge in [-0.3, -0.25) is 0 Å². The number of phenolic OH excluding ortho intramolecular Hbond substituents is 2. The van der Waals surface area contributed by atoms with E-state index in [2.05, 4.69) is 10.2 Å². The van der Waals surface area contributed by atoms with E-state index >= 15 is 0 Å². The normalized spacial score (nSPS) is 15.0. The van der Waals surface area contributed by atoms with Gasteiger partial charge in [0.05, 0.1) is 18.9 Å². The van der Waals surface area contributed by atoms with Gasteiger partial charge in [0, 0.05) is 30.5 Å². The van der Waals surface area contributed by atoms with Crippen molar-refractivity contribution >= 4 is 17.1 Å². The van der Waals surface area contributed by atoms with Gasteiger partial charge < -0.3 is 25.2 Å². The highest BCUT2D eigenvalue weighted by Crippen LogP contribution is 2.30. The molecule has 2 aromatic rings. The van der Waals surface area contributed by atoms with E-state index in [1.807, 2.05) is 24.3 Å². The molecule has 0 radical (unpaired) electrons. The van der Waals surface area contributed by atoms with Crippen molar-refractivity contribution in [1.29, 1.82) is 0 Å². The van der Waals surface area contributed by atoms with Gasteiger partial charge in [-0.05, 0) is 36.4 Å². The summed E-state index contributed by atoms with van der Waals surface area (Å²) < 4.78 is 5.34. The lowest BCUT2D eigenvalue weighted by atomic mass is 10.2. The van der Waals surface area contributed by atoms with E-state index in [0.29, 0.717) is 5.69 Å². The number of aromatic hydroxyl groups is 2. The molecule has 0 bridgehead atoms. The minimum absolute atomic E-state index is 0.0206. The molecule has 5 nitrogen and oxygen atoms in total. The SMILES string of the molecule is Oc1ccc(Nc2ccc(N3CCOCC3)cc2)c(O)c1. The molecule has 21 heavy (non-hydrogen) atoms. The molecule has 1 saturated heterocycles. The summed E-state index contributed by atoms with van der Waals surface area (Å²) in [5, 5.41) is 22.2. The Labute approximate surface area is 123 Å². The average molecular weight is 286 g/mol. The van der Waals surface area contributed by atoms with E-state index in [9.17, 15) is 10.2 Å². The Morgan fingerprint density at radius 2 is 1.67 bits per heavy atom. The number of nitrogens with zero attached hydrogens (tertiary/aromatic N) is 1. The summed E-state index contributed by atoms with van der Waals surface area (Å²) in [6.07, 6.45) is 0. The number of ether oxygens (including phenoxy) is 1. The van der Waals surface area contributed by atoms with E-state index in [1.54, 1.807) is 6.07 Å². The second-order valence-electron chi connectivity index (χ2n) is 4.97. The summed E-state index contributed by atoms with van der Waals surface area (Å²) in [5.41, 5.74) is 2.61. The number of nitrogens with one attached hydrogen (secondary N) is 1. The van der Waals surface area contributed by atoms with Crippen molar-refractivity contribution in [2.75, 3.05) is 36.5 Å². The third-order valence-electron chi connectivity index (χ3n) is 3.50. The maximum atomic E-state index is 9.77. The van der Waals surface area contributed by atoms with Gasteiger partial charge in [-0.2, -0.15) is 0 Å². The Bertz CT molecular complexity index is 607. The zero-order chi connectivity index (χ0) is 14.7. The van der Waals surface area contributed by atoms with Crippen molar-refractivity contribution in [2.24, 2.45) is 0 Å². The summed E-state index contributed by atoms with van der Waals surface area (Å²) in [5.74, 6) is 0.0629. The lowest BCUT2D eigenvalue weighted by Crippen LogP contribution is -2.36. The molecular formula is C16H18N2O3. The average Bonchev–Trinajstić information content (AvgIpc) is 2.52. The first-order valence-electron chi connectivity index (χ1n) is 6.94. The Kier molecular flexibility index (Phi) is 3.83. The monoisotopic (exact) mass is 286 g/mol. The lowest BCUT2D eigenvalue weighted by molar-refractivity contribution is 0.122. The number of hydrogen-bond acceptors (Lipinski definition) is 5. The van der Waals surface area contributed by atoms with Gasteiger partial charge in [-0.15, -0.1) is 0 Å². The van der Waals surface area contributed by atoms with Crippen molar-refractivity contribution in [1.82, 2.24) is 0 Å². The molecule has 110 valence electrons. The predicted octanol–water partition coefficient (Wildman–Crippen LogP) is 2.68. The summed E-state index contributed by atoms with van der Waals surface area (Å²) in [7, 11) is 0. The summed E-state index contributed by atoms with van der Waals surface area (Å²) >= 11 is 0. The molecular weight excluding hydrogens is 268 g/mol. The number of rotatable bonds is 3. The van der Waals surface area contributed by atoms with E-state index in [4.69, 9.17) is 4.74 Å². The smallest absolute Gasteiger partial charge is 0.142 e. The maximum absolute atomic E-state index is 9.77. The first-order chi connectivity index (χ1) is 10.2. The lowest BCUT2D eigenvalue weighted by Gasteiger charge is -2.29. The zero-order valence-electron chi connectivity index (χ0n) is 11.6. The number of phenols is 2. The molecule has 3 rings (SSSR count). The van der Waals surface area contributed by atoms with Crippen LogP contribution >= 0.6 is 0 Å². The molecule has 0 atom stereocenters. The van der Waals surface area contributed by atoms with E-state index in [0.717, 1.165) is 32.0 Å². The van der Waals surface area contributed by atoms with Crippen molar-refractivity contribution in [3.8, 4) is 11.5 Å². The molecule has 2 aromatic carbocycles. The van der Waals surface area contributed by atoms with Crippen molar-refractivity contribution in [3.05, 3.63) is 42.5 Å². The van der Waals surface area contributed by atoms with Gasteiger partial charge in [-0.1, -0.05) is 0 Å². The predicted molar refractivity (Wildman–Crippen MR) is 82.5 cm³/mol. The van der Waals surface area contributed by atoms with Crippen molar-refractivity contribution in [2.45, 2.75) is 0 Å². The van der Waals surface area contributed by atoms with Crippen LogP contribution in [-0.2, 0) is 4.74 Å². The molecule has 0 amide bonds. The summed E-state index contributed by atoms with van der Waals surface area (Å²) in [6, 6.07) is 12.5. The highest BCUT2D eigenvalue weighted by Gasteiger charge is 2.11. The third kappa shape index (κ3) is 3.20. The Hall–Kier alpha value is -2.40. The third-order valence-corrected chi connectivity index (χ3v) is 3.50. The topological polar surface area (TPSA) is 65.0 Å². The second kappa shape index (κ2) is 5.93. The molecule has 1 aliphatic heterocycles. The van der Waals surface area contributed by atoms with Crippen LogP contribution in [0.15, 0.2) is 42.5 Å². The maximum Gasteiger partial charge on any atom is 0.142 e. The molecule has 0 aliphatic carbocycles. The quantitative estimate of drug-likeness (QED) is 0.598. The Balaban J connectivity index is 1.71. The number of benzene rings is 2. The molecule has 0 aromatic heterocycles. The fraction of sp³-hybridized carbons (Fsp3) is 0.250. The van der Waals surface area contributed by atoms with E-state index in [1.165, 1.54) is 17.8 Å². The first-order valence-corrected chi connectivity index (χ1v) is 6.94. The van der Waals surface area contributed by atoms with E-state index < -0.39 is 0 Å². The van der Waals surface area contributed by atoms with Crippen molar-refractivity contribution < 1.29 is 14.9 Å². The minimum atomic E-state index is 0.0206. The van der Waals surface area contributed by atoms with Crippen LogP contribution in [-0.4, -0.2) is 36.5 Å². The van der Waals surface area contributed by atoms with E-state index in [-0.39, 0.29) is 11.5 Å². The van der Waals surface area contributed by atoms with Crippen LogP contribution in [0.1, 0.15) is 0 Å². The zero-order valence-corrected chi connectivity index (χ0v) is 11.6. The van der Waals surface area contributed by atoms with Gasteiger partial charge in [0.15, 0.2) is 0 Å². The molecule has 3 N–H and O–H groups in total. The molecule has 0 spiro atoms. The minimum Gasteiger partial charge on any atom is -0.508 e. The van der Waals surface area contributed by atoms with Gasteiger partial charge >= 0.3 is 0 Å². The molecule has 0 saturated carbocycles. The number of morpholine rings is 1. The molecule has 0 unspecified atom stereocenters. The van der Waals surface area contributed by atoms with Crippen LogP contribution in [0.4, 0.5) is 17.1 Å². The van der Waals surface area contributed by atoms with Crippen LogP contribution < -0.4 is 10.2 Å². The largest absolute Gasteiger partial charge is 0.508 e. The first kappa shape index (κ1) is 13.6. The number of anilines is 3. The Morgan fingerprint density at radius 3 is 2.33 bits per heavy atom. The van der Waals surface area contributed by atoms with Crippen LogP contribution in [0.5, 0.6) is 11.5 Å². The fourth-order valence-corrected chi connectivity index (χ4v) is 2.36. The molecule has 1 fully saturated rings. The Morgan fingerprint density at radius 1 is 0.952 bits per heavy atom. The summed E-state index contributed by atoms with van der Waals surface area (Å²) in [6.45, 7) is 3.35. The molecule has 1 heterocycles. The number of hydrogen-bond donors (Lipinski definition) is 3. The van der Waals surface area contributed by atoms with Crippen LogP contribution in [0, 0.1) is 0 Å². The van der Waals surface area contributed by atoms with Gasteiger partial charge in [0.25, 0.3) is 0 Å². The molecule has 5 heteroatoms. The van der Waals surface area contributed by atoms with Crippen molar-refractivity contribution in [3.63, 3.8) is 0 Å².